The van der Waals surface area contributed by atoms with Crippen molar-refractivity contribution in [2.75, 3.05) is 7.11 Å². The predicted octanol–water partition coefficient (Wildman–Crippen LogP) is 1.38. The minimum Gasteiger partial charge on any atom is -0.468 e. The fourth-order valence-electron chi connectivity index (χ4n) is 2.38. The molecule has 28 heavy (non-hydrogen) atoms. The molecule has 0 aliphatic rings. The van der Waals surface area contributed by atoms with E-state index in [1.54, 1.807) is 36.4 Å². The number of esters is 1. The Balaban J connectivity index is 0.00000392. The molecule has 0 amide bonds. The number of aliphatic imine (C=N–C) groups is 1. The molecule has 152 valence electrons. The van der Waals surface area contributed by atoms with Crippen molar-refractivity contribution >= 4 is 40.0 Å². The first-order valence-corrected chi connectivity index (χ1v) is 9.55. The van der Waals surface area contributed by atoms with Crippen LogP contribution < -0.4 is 16.2 Å². The van der Waals surface area contributed by atoms with Gasteiger partial charge in [0.25, 0.3) is 0 Å². The van der Waals surface area contributed by atoms with E-state index >= 15 is 0 Å². The lowest BCUT2D eigenvalue weighted by atomic mass is 10.1. The Bertz CT molecular complexity index is 925. The molecule has 0 unspecified atom stereocenters. The first-order valence-electron chi connectivity index (χ1n) is 8.06. The van der Waals surface area contributed by atoms with Gasteiger partial charge in [0.1, 0.15) is 6.04 Å². The van der Waals surface area contributed by atoms with Crippen LogP contribution in [0.4, 0.5) is 5.69 Å². The lowest BCUT2D eigenvalue weighted by Gasteiger charge is -2.17. The molecule has 0 bridgehead atoms. The van der Waals surface area contributed by atoms with Crippen LogP contribution in [0.3, 0.4) is 0 Å². The van der Waals surface area contributed by atoms with E-state index in [9.17, 15) is 13.2 Å². The molecule has 0 aliphatic heterocycles. The number of carbonyl (C=O) groups is 1. The molecule has 2 aromatic rings. The Kier molecular flexibility index (Phi) is 8.42. The minimum absolute atomic E-state index is 0. The number of hydrogen-bond acceptors (Lipinski definition) is 5. The minimum atomic E-state index is -3.88. The second kappa shape index (κ2) is 10.1. The second-order valence-electron chi connectivity index (χ2n) is 5.92. The molecule has 0 aliphatic carbocycles. The number of hydrogen-bond donors (Lipinski definition) is 3. The summed E-state index contributed by atoms with van der Waals surface area (Å²) in [6.07, 6.45) is 0.111. The van der Waals surface area contributed by atoms with Crippen molar-refractivity contribution < 1.29 is 17.9 Å². The number of ether oxygens (including phenoxy) is 1. The summed E-state index contributed by atoms with van der Waals surface area (Å²) in [5.41, 5.74) is 12.8. The quantitative estimate of drug-likeness (QED) is 0.347. The number of methoxy groups -OCH3 is 1. The van der Waals surface area contributed by atoms with Crippen LogP contribution in [-0.4, -0.2) is 33.5 Å². The molecule has 2 rings (SSSR count). The maximum Gasteiger partial charge on any atom is 0.324 e. The van der Waals surface area contributed by atoms with Crippen molar-refractivity contribution in [3.8, 4) is 0 Å². The largest absolute Gasteiger partial charge is 0.468 e. The molecule has 0 spiro atoms. The summed E-state index contributed by atoms with van der Waals surface area (Å²) in [4.78, 5) is 16.1. The van der Waals surface area contributed by atoms with Gasteiger partial charge >= 0.3 is 5.97 Å². The standard InChI is InChI=1S/C18H22N4O4S.ClH/c1-12-3-9-15(10-4-12)27(24,25)22-16(17(23)26-2)11-13-5-7-14(8-6-13)21-18(19)20;/h3-10,16,22H,11H2,1-2H3,(H4,19,20,21);1H/t16-;/m0./s1. The van der Waals surface area contributed by atoms with E-state index in [2.05, 4.69) is 9.71 Å². The summed E-state index contributed by atoms with van der Waals surface area (Å²) in [6.45, 7) is 1.85. The van der Waals surface area contributed by atoms with Crippen molar-refractivity contribution in [2.24, 2.45) is 16.5 Å². The summed E-state index contributed by atoms with van der Waals surface area (Å²) >= 11 is 0. The number of nitrogens with two attached hydrogens (primary N) is 2. The molecule has 8 nitrogen and oxygen atoms in total. The smallest absolute Gasteiger partial charge is 0.324 e. The van der Waals surface area contributed by atoms with Gasteiger partial charge in [0.05, 0.1) is 17.7 Å². The number of sulfonamides is 1. The summed E-state index contributed by atoms with van der Waals surface area (Å²) < 4.78 is 32.3. The Hall–Kier alpha value is -2.62. The normalized spacial score (nSPS) is 11.8. The van der Waals surface area contributed by atoms with Crippen LogP contribution >= 0.6 is 12.4 Å². The number of carbonyl (C=O) groups excluding carboxylic acids is 1. The van der Waals surface area contributed by atoms with Crippen LogP contribution in [0, 0.1) is 6.92 Å². The number of halogens is 1. The van der Waals surface area contributed by atoms with Gasteiger partial charge in [0, 0.05) is 0 Å². The summed E-state index contributed by atoms with van der Waals surface area (Å²) in [6, 6.07) is 12.0. The molecular weight excluding hydrogens is 404 g/mol. The summed E-state index contributed by atoms with van der Waals surface area (Å²) in [7, 11) is -2.68. The highest BCUT2D eigenvalue weighted by atomic mass is 35.5. The van der Waals surface area contributed by atoms with Gasteiger partial charge in [-0.15, -0.1) is 12.4 Å². The zero-order chi connectivity index (χ0) is 20.0. The number of benzene rings is 2. The summed E-state index contributed by atoms with van der Waals surface area (Å²) in [5.74, 6) is -0.750. The molecule has 0 saturated carbocycles. The molecule has 0 aromatic heterocycles. The third-order valence-corrected chi connectivity index (χ3v) is 5.24. The van der Waals surface area contributed by atoms with Gasteiger partial charge in [0.15, 0.2) is 5.96 Å². The maximum atomic E-state index is 12.6. The molecule has 0 fully saturated rings. The van der Waals surface area contributed by atoms with E-state index in [1.165, 1.54) is 19.2 Å². The van der Waals surface area contributed by atoms with E-state index in [-0.39, 0.29) is 29.7 Å². The number of rotatable bonds is 7. The van der Waals surface area contributed by atoms with Crippen LogP contribution in [0.5, 0.6) is 0 Å². The third kappa shape index (κ3) is 6.52. The zero-order valence-electron chi connectivity index (χ0n) is 15.5. The monoisotopic (exact) mass is 426 g/mol. The van der Waals surface area contributed by atoms with E-state index in [1.807, 2.05) is 6.92 Å². The van der Waals surface area contributed by atoms with Gasteiger partial charge in [-0.05, 0) is 43.2 Å². The molecule has 0 heterocycles. The van der Waals surface area contributed by atoms with Crippen molar-refractivity contribution in [2.45, 2.75) is 24.3 Å². The highest BCUT2D eigenvalue weighted by Gasteiger charge is 2.26. The average Bonchev–Trinajstić information content (AvgIpc) is 2.62. The maximum absolute atomic E-state index is 12.6. The van der Waals surface area contributed by atoms with E-state index < -0.39 is 22.0 Å². The van der Waals surface area contributed by atoms with E-state index in [4.69, 9.17) is 16.2 Å². The van der Waals surface area contributed by atoms with Crippen molar-refractivity contribution in [1.82, 2.24) is 4.72 Å². The molecule has 5 N–H and O–H groups in total. The van der Waals surface area contributed by atoms with Crippen molar-refractivity contribution in [3.63, 3.8) is 0 Å². The number of aryl methyl sites for hydroxylation is 1. The van der Waals surface area contributed by atoms with Crippen molar-refractivity contribution in [1.29, 1.82) is 0 Å². The fraction of sp³-hybridized carbons (Fsp3) is 0.222. The van der Waals surface area contributed by atoms with E-state index in [0.717, 1.165) is 5.56 Å². The van der Waals surface area contributed by atoms with Crippen LogP contribution in [-0.2, 0) is 26.0 Å². The highest BCUT2D eigenvalue weighted by Crippen LogP contribution is 2.16. The van der Waals surface area contributed by atoms with Gasteiger partial charge < -0.3 is 16.2 Å². The number of nitrogens with zero attached hydrogens (tertiary/aromatic N) is 1. The predicted molar refractivity (Wildman–Crippen MR) is 110 cm³/mol. The Labute approximate surface area is 170 Å². The highest BCUT2D eigenvalue weighted by molar-refractivity contribution is 7.89. The lowest BCUT2D eigenvalue weighted by molar-refractivity contribution is -0.142. The lowest BCUT2D eigenvalue weighted by Crippen LogP contribution is -2.42. The molecule has 0 radical (unpaired) electrons. The van der Waals surface area contributed by atoms with Gasteiger partial charge in [0.2, 0.25) is 10.0 Å². The van der Waals surface area contributed by atoms with Crippen LogP contribution in [0.2, 0.25) is 0 Å². The molecule has 1 atom stereocenters. The topological polar surface area (TPSA) is 137 Å². The van der Waals surface area contributed by atoms with Gasteiger partial charge in [-0.1, -0.05) is 29.8 Å². The Morgan fingerprint density at radius 3 is 2.18 bits per heavy atom. The number of guanidine groups is 1. The van der Waals surface area contributed by atoms with Gasteiger partial charge in [-0.3, -0.25) is 4.79 Å². The first kappa shape index (κ1) is 23.4. The van der Waals surface area contributed by atoms with Crippen LogP contribution in [0.15, 0.2) is 58.4 Å². The molecule has 10 heteroatoms. The SMILES string of the molecule is COC(=O)[C@H](Cc1ccc(N=C(N)N)cc1)NS(=O)(=O)c1ccc(C)cc1.Cl. The van der Waals surface area contributed by atoms with Crippen molar-refractivity contribution in [3.05, 3.63) is 59.7 Å². The molecular formula is C18H23ClN4O4S. The first-order chi connectivity index (χ1) is 12.7. The van der Waals surface area contributed by atoms with Gasteiger partial charge in [-0.25, -0.2) is 13.4 Å². The molecule has 0 saturated heterocycles. The van der Waals surface area contributed by atoms with Crippen LogP contribution in [0.1, 0.15) is 11.1 Å². The van der Waals surface area contributed by atoms with Crippen LogP contribution in [0.25, 0.3) is 0 Å². The fourth-order valence-corrected chi connectivity index (χ4v) is 3.56. The number of nitrogens with one attached hydrogen (secondary N) is 1. The average molecular weight is 427 g/mol. The molecule has 2 aromatic carbocycles. The zero-order valence-corrected chi connectivity index (χ0v) is 17.1. The Morgan fingerprint density at radius 2 is 1.68 bits per heavy atom. The van der Waals surface area contributed by atoms with E-state index in [0.29, 0.717) is 11.3 Å². The third-order valence-electron chi connectivity index (χ3n) is 3.75. The second-order valence-corrected chi connectivity index (χ2v) is 7.63. The van der Waals surface area contributed by atoms with Gasteiger partial charge in [-0.2, -0.15) is 4.72 Å². The Morgan fingerprint density at radius 1 is 1.11 bits per heavy atom. The summed E-state index contributed by atoms with van der Waals surface area (Å²) in [5, 5.41) is 0.